The van der Waals surface area contributed by atoms with E-state index in [0.29, 0.717) is 25.0 Å². The summed E-state index contributed by atoms with van der Waals surface area (Å²) in [4.78, 5) is 27.4. The zero-order valence-electron chi connectivity index (χ0n) is 10.4. The van der Waals surface area contributed by atoms with Crippen LogP contribution in [0.1, 0.15) is 6.42 Å². The van der Waals surface area contributed by atoms with Crippen molar-refractivity contribution in [3.05, 3.63) is 5.28 Å². The minimum Gasteiger partial charge on any atom is -0.354 e. The molecule has 1 fully saturated rings. The lowest BCUT2D eigenvalue weighted by Gasteiger charge is -2.20. The van der Waals surface area contributed by atoms with Gasteiger partial charge in [-0.25, -0.2) is 0 Å². The maximum atomic E-state index is 11.5. The maximum absolute atomic E-state index is 11.5. The van der Waals surface area contributed by atoms with E-state index in [2.05, 4.69) is 20.3 Å². The third kappa shape index (κ3) is 2.98. The first-order chi connectivity index (χ1) is 8.56. The van der Waals surface area contributed by atoms with Gasteiger partial charge in [0.25, 0.3) is 0 Å². The molecule has 0 spiro atoms. The average molecular weight is 271 g/mol. The Morgan fingerprint density at radius 1 is 1.33 bits per heavy atom. The number of hydrogen-bond donors (Lipinski definition) is 1. The Bertz CT molecular complexity index is 452. The third-order valence-corrected chi connectivity index (χ3v) is 2.70. The van der Waals surface area contributed by atoms with Gasteiger partial charge in [-0.1, -0.05) is 0 Å². The molecule has 18 heavy (non-hydrogen) atoms. The summed E-state index contributed by atoms with van der Waals surface area (Å²) in [5.41, 5.74) is 0. The molecule has 0 aliphatic carbocycles. The first kappa shape index (κ1) is 12.8. The van der Waals surface area contributed by atoms with Crippen molar-refractivity contribution in [1.82, 2.24) is 20.3 Å². The molecule has 2 heterocycles. The molecule has 0 aromatic carbocycles. The van der Waals surface area contributed by atoms with Crippen LogP contribution in [0, 0.1) is 0 Å². The number of carbonyl (C=O) groups is 1. The highest BCUT2D eigenvalue weighted by atomic mass is 35.5. The van der Waals surface area contributed by atoms with Gasteiger partial charge in [-0.05, 0) is 18.0 Å². The molecular formula is C10H15ClN6O. The van der Waals surface area contributed by atoms with E-state index < -0.39 is 0 Å². The summed E-state index contributed by atoms with van der Waals surface area (Å²) >= 11 is 5.87. The summed E-state index contributed by atoms with van der Waals surface area (Å²) in [6, 6.07) is 0. The molecule has 1 aromatic heterocycles. The number of nitrogens with one attached hydrogen (secondary N) is 1. The van der Waals surface area contributed by atoms with E-state index in [0.717, 1.165) is 6.42 Å². The number of hydrogen-bond acceptors (Lipinski definition) is 6. The second kappa shape index (κ2) is 5.34. The Labute approximate surface area is 110 Å². The summed E-state index contributed by atoms with van der Waals surface area (Å²) in [6.45, 7) is 1.63. The third-order valence-electron chi connectivity index (χ3n) is 2.53. The lowest BCUT2D eigenvalue weighted by Crippen LogP contribution is -2.34. The number of carbonyl (C=O) groups excluding carboxylic acids is 1. The first-order valence-corrected chi connectivity index (χ1v) is 6.04. The van der Waals surface area contributed by atoms with E-state index in [-0.39, 0.29) is 17.7 Å². The lowest BCUT2D eigenvalue weighted by atomic mass is 10.4. The molecule has 0 radical (unpaired) electrons. The minimum atomic E-state index is -0.0320. The van der Waals surface area contributed by atoms with Crippen LogP contribution in [-0.2, 0) is 4.79 Å². The Kier molecular flexibility index (Phi) is 3.81. The van der Waals surface area contributed by atoms with Crippen LogP contribution in [0.5, 0.6) is 0 Å². The molecule has 7 nitrogen and oxygen atoms in total. The predicted molar refractivity (Wildman–Crippen MR) is 69.0 cm³/mol. The van der Waals surface area contributed by atoms with Gasteiger partial charge in [0.05, 0.1) is 6.54 Å². The zero-order chi connectivity index (χ0) is 13.1. The fourth-order valence-electron chi connectivity index (χ4n) is 1.65. The van der Waals surface area contributed by atoms with E-state index in [4.69, 9.17) is 11.6 Å². The van der Waals surface area contributed by atoms with Crippen LogP contribution in [0.2, 0.25) is 5.28 Å². The summed E-state index contributed by atoms with van der Waals surface area (Å²) in [5.74, 6) is 0.890. The van der Waals surface area contributed by atoms with Crippen molar-refractivity contribution in [2.45, 2.75) is 6.42 Å². The highest BCUT2D eigenvalue weighted by Crippen LogP contribution is 2.16. The van der Waals surface area contributed by atoms with Gasteiger partial charge in [-0.2, -0.15) is 15.0 Å². The molecule has 1 aliphatic rings. The SMILES string of the molecule is CN(C)c1nc(Cl)nc(N2CCCNC(=O)C2)n1. The minimum absolute atomic E-state index is 0.0320. The Morgan fingerprint density at radius 2 is 2.11 bits per heavy atom. The highest BCUT2D eigenvalue weighted by molar-refractivity contribution is 6.28. The molecule has 0 unspecified atom stereocenters. The van der Waals surface area contributed by atoms with Crippen LogP contribution in [0.4, 0.5) is 11.9 Å². The molecule has 1 amide bonds. The summed E-state index contributed by atoms with van der Waals surface area (Å²) in [6.07, 6.45) is 0.854. The van der Waals surface area contributed by atoms with E-state index in [9.17, 15) is 4.79 Å². The Hall–Kier alpha value is -1.63. The molecular weight excluding hydrogens is 256 g/mol. The summed E-state index contributed by atoms with van der Waals surface area (Å²) < 4.78 is 0. The smallest absolute Gasteiger partial charge is 0.239 e. The molecule has 98 valence electrons. The second-order valence-corrected chi connectivity index (χ2v) is 4.56. The Morgan fingerprint density at radius 3 is 2.83 bits per heavy atom. The maximum Gasteiger partial charge on any atom is 0.239 e. The lowest BCUT2D eigenvalue weighted by molar-refractivity contribution is -0.119. The van der Waals surface area contributed by atoms with Crippen LogP contribution in [0.15, 0.2) is 0 Å². The van der Waals surface area contributed by atoms with Gasteiger partial charge in [-0.3, -0.25) is 4.79 Å². The van der Waals surface area contributed by atoms with E-state index in [1.54, 1.807) is 4.90 Å². The monoisotopic (exact) mass is 270 g/mol. The van der Waals surface area contributed by atoms with Gasteiger partial charge in [0, 0.05) is 27.2 Å². The van der Waals surface area contributed by atoms with Gasteiger partial charge in [0.1, 0.15) is 0 Å². The van der Waals surface area contributed by atoms with Crippen molar-refractivity contribution in [2.24, 2.45) is 0 Å². The van der Waals surface area contributed by atoms with Crippen molar-refractivity contribution < 1.29 is 4.79 Å². The van der Waals surface area contributed by atoms with Gasteiger partial charge < -0.3 is 15.1 Å². The van der Waals surface area contributed by atoms with Crippen molar-refractivity contribution >= 4 is 29.4 Å². The van der Waals surface area contributed by atoms with Crippen molar-refractivity contribution in [3.63, 3.8) is 0 Å². The van der Waals surface area contributed by atoms with Crippen molar-refractivity contribution in [3.8, 4) is 0 Å². The van der Waals surface area contributed by atoms with Crippen LogP contribution in [-0.4, -0.2) is 54.6 Å². The zero-order valence-corrected chi connectivity index (χ0v) is 11.1. The summed E-state index contributed by atoms with van der Waals surface area (Å²) in [5, 5.41) is 2.93. The van der Waals surface area contributed by atoms with Crippen molar-refractivity contribution in [1.29, 1.82) is 0 Å². The summed E-state index contributed by atoms with van der Waals surface area (Å²) in [7, 11) is 3.65. The van der Waals surface area contributed by atoms with Gasteiger partial charge in [0.15, 0.2) is 0 Å². The number of aromatic nitrogens is 3. The number of amides is 1. The highest BCUT2D eigenvalue weighted by Gasteiger charge is 2.19. The topological polar surface area (TPSA) is 74.2 Å². The van der Waals surface area contributed by atoms with Gasteiger partial charge in [-0.15, -0.1) is 0 Å². The normalized spacial score (nSPS) is 16.2. The largest absolute Gasteiger partial charge is 0.354 e. The predicted octanol–water partition coefficient (Wildman–Crippen LogP) is -0.0827. The fourth-order valence-corrected chi connectivity index (χ4v) is 1.80. The van der Waals surface area contributed by atoms with Crippen LogP contribution in [0.25, 0.3) is 0 Å². The molecule has 1 N–H and O–H groups in total. The van der Waals surface area contributed by atoms with Crippen molar-refractivity contribution in [2.75, 3.05) is 43.5 Å². The number of anilines is 2. The van der Waals surface area contributed by atoms with E-state index >= 15 is 0 Å². The second-order valence-electron chi connectivity index (χ2n) is 4.22. The van der Waals surface area contributed by atoms with Crippen LogP contribution < -0.4 is 15.1 Å². The molecule has 0 atom stereocenters. The molecule has 0 saturated carbocycles. The number of halogens is 1. The first-order valence-electron chi connectivity index (χ1n) is 5.67. The number of nitrogens with zero attached hydrogens (tertiary/aromatic N) is 5. The molecule has 2 rings (SSSR count). The molecule has 1 aromatic rings. The number of rotatable bonds is 2. The molecule has 1 aliphatic heterocycles. The van der Waals surface area contributed by atoms with E-state index in [1.165, 1.54) is 0 Å². The molecule has 1 saturated heterocycles. The fraction of sp³-hybridized carbons (Fsp3) is 0.600. The molecule has 8 heteroatoms. The average Bonchev–Trinajstić information content (AvgIpc) is 2.53. The Balaban J connectivity index is 2.28. The quantitative estimate of drug-likeness (QED) is 0.810. The van der Waals surface area contributed by atoms with Gasteiger partial charge >= 0.3 is 0 Å². The van der Waals surface area contributed by atoms with Gasteiger partial charge in [0.2, 0.25) is 23.1 Å². The standard InChI is InChI=1S/C10H15ClN6O/c1-16(2)9-13-8(11)14-10(15-9)17-5-3-4-12-7(18)6-17/h3-6H2,1-2H3,(H,12,18). The molecule has 0 bridgehead atoms. The van der Waals surface area contributed by atoms with Crippen LogP contribution >= 0.6 is 11.6 Å². The van der Waals surface area contributed by atoms with E-state index in [1.807, 2.05) is 19.0 Å². The van der Waals surface area contributed by atoms with Crippen LogP contribution in [0.3, 0.4) is 0 Å².